The molecule has 0 bridgehead atoms. The molecule has 2 amide bonds. The van der Waals surface area contributed by atoms with E-state index in [1.807, 2.05) is 24.3 Å². The zero-order valence-electron chi connectivity index (χ0n) is 19.6. The van der Waals surface area contributed by atoms with E-state index in [0.29, 0.717) is 12.1 Å². The van der Waals surface area contributed by atoms with E-state index in [-0.39, 0.29) is 41.7 Å². The van der Waals surface area contributed by atoms with Crippen molar-refractivity contribution < 1.29 is 9.59 Å². The summed E-state index contributed by atoms with van der Waals surface area (Å²) in [5, 5.41) is 6.67. The van der Waals surface area contributed by atoms with Crippen LogP contribution in [0, 0.1) is 5.92 Å². The number of guanidine groups is 1. The van der Waals surface area contributed by atoms with Gasteiger partial charge in [-0.05, 0) is 69.9 Å². The van der Waals surface area contributed by atoms with Crippen molar-refractivity contribution in [2.24, 2.45) is 16.6 Å². The number of benzene rings is 1. The van der Waals surface area contributed by atoms with Gasteiger partial charge in [-0.25, -0.2) is 4.99 Å². The van der Waals surface area contributed by atoms with Crippen LogP contribution < -0.4 is 16.4 Å². The van der Waals surface area contributed by atoms with Crippen LogP contribution in [-0.2, 0) is 11.3 Å². The molecule has 0 unspecified atom stereocenters. The number of unbranched alkanes of at least 4 members (excludes halogenated alkanes) is 1. The first-order chi connectivity index (χ1) is 14.9. The van der Waals surface area contributed by atoms with Crippen molar-refractivity contribution in [2.45, 2.75) is 39.2 Å². The van der Waals surface area contributed by atoms with Gasteiger partial charge in [0.15, 0.2) is 5.96 Å². The van der Waals surface area contributed by atoms with Crippen molar-refractivity contribution in [3.05, 3.63) is 35.4 Å². The number of nitrogens with two attached hydrogens (primary N) is 1. The number of nitrogens with one attached hydrogen (secondary N) is 2. The van der Waals surface area contributed by atoms with Crippen LogP contribution in [0.1, 0.15) is 48.5 Å². The van der Waals surface area contributed by atoms with E-state index in [0.717, 1.165) is 69.9 Å². The van der Waals surface area contributed by atoms with E-state index in [1.54, 1.807) is 19.0 Å². The summed E-state index contributed by atoms with van der Waals surface area (Å²) in [6.45, 7) is 7.25. The molecule has 1 aliphatic heterocycles. The highest BCUT2D eigenvalue weighted by Gasteiger charge is 2.22. The largest absolute Gasteiger partial charge is 0.369 e. The summed E-state index contributed by atoms with van der Waals surface area (Å²) >= 11 is 0. The maximum Gasteiger partial charge on any atom is 0.253 e. The Kier molecular flexibility index (Phi) is 13.2. The lowest BCUT2D eigenvalue weighted by molar-refractivity contribution is -0.123. The van der Waals surface area contributed by atoms with Crippen LogP contribution in [0.25, 0.3) is 0 Å². The molecule has 32 heavy (non-hydrogen) atoms. The number of rotatable bonds is 10. The smallest absolute Gasteiger partial charge is 0.253 e. The summed E-state index contributed by atoms with van der Waals surface area (Å²) < 4.78 is 0. The summed E-state index contributed by atoms with van der Waals surface area (Å²) in [5.74, 6) is 0.707. The molecule has 0 saturated carbocycles. The molecule has 0 atom stereocenters. The van der Waals surface area contributed by atoms with E-state index in [1.165, 1.54) is 0 Å². The first-order valence-corrected chi connectivity index (χ1v) is 11.2. The summed E-state index contributed by atoms with van der Waals surface area (Å²) in [7, 11) is 3.50. The molecule has 0 radical (unpaired) electrons. The van der Waals surface area contributed by atoms with Gasteiger partial charge in [0.05, 0.1) is 6.54 Å². The molecule has 1 fully saturated rings. The quantitative estimate of drug-likeness (QED) is 0.177. The van der Waals surface area contributed by atoms with E-state index in [9.17, 15) is 9.59 Å². The van der Waals surface area contributed by atoms with Gasteiger partial charge >= 0.3 is 0 Å². The highest BCUT2D eigenvalue weighted by atomic mass is 127. The summed E-state index contributed by atoms with van der Waals surface area (Å²) in [6.07, 6.45) is 3.93. The number of halogens is 1. The third-order valence-corrected chi connectivity index (χ3v) is 5.55. The first-order valence-electron chi connectivity index (χ1n) is 11.2. The van der Waals surface area contributed by atoms with Gasteiger partial charge in [0.25, 0.3) is 5.91 Å². The molecular formula is C23H39IN6O2. The van der Waals surface area contributed by atoms with Crippen LogP contribution in [0.4, 0.5) is 0 Å². The average Bonchev–Trinajstić information content (AvgIpc) is 2.77. The van der Waals surface area contributed by atoms with Crippen molar-refractivity contribution in [1.29, 1.82) is 0 Å². The van der Waals surface area contributed by atoms with Crippen molar-refractivity contribution in [3.63, 3.8) is 0 Å². The van der Waals surface area contributed by atoms with Gasteiger partial charge < -0.3 is 26.2 Å². The second-order valence-corrected chi connectivity index (χ2v) is 8.24. The summed E-state index contributed by atoms with van der Waals surface area (Å²) in [4.78, 5) is 31.9. The van der Waals surface area contributed by atoms with Crippen LogP contribution in [0.5, 0.6) is 0 Å². The van der Waals surface area contributed by atoms with Gasteiger partial charge in [0, 0.05) is 38.7 Å². The Morgan fingerprint density at radius 3 is 2.34 bits per heavy atom. The number of carbonyl (C=O) groups is 2. The topological polar surface area (TPSA) is 103 Å². The fraction of sp³-hybridized carbons (Fsp3) is 0.609. The summed E-state index contributed by atoms with van der Waals surface area (Å²) in [5.41, 5.74) is 7.14. The molecule has 1 aromatic rings. The Balaban J connectivity index is 0.00000512. The Hall–Kier alpha value is -1.88. The molecule has 180 valence electrons. The molecule has 1 heterocycles. The fourth-order valence-electron chi connectivity index (χ4n) is 3.63. The van der Waals surface area contributed by atoms with Crippen LogP contribution in [0.3, 0.4) is 0 Å². The number of aliphatic imine (C=N–C) groups is 1. The molecule has 1 aromatic carbocycles. The Labute approximate surface area is 209 Å². The van der Waals surface area contributed by atoms with E-state index in [2.05, 4.69) is 27.4 Å². The van der Waals surface area contributed by atoms with E-state index in [4.69, 9.17) is 5.73 Å². The van der Waals surface area contributed by atoms with Crippen molar-refractivity contribution in [1.82, 2.24) is 20.4 Å². The SMILES string of the molecule is CCNC(=NCc1ccc(C(=O)N(C)C)cc1)NCCCCN1CCC(C(N)=O)CC1.I. The predicted molar refractivity (Wildman–Crippen MR) is 140 cm³/mol. The lowest BCUT2D eigenvalue weighted by atomic mass is 9.96. The molecule has 0 aliphatic carbocycles. The molecule has 1 saturated heterocycles. The van der Waals surface area contributed by atoms with Crippen LogP contribution in [0.15, 0.2) is 29.3 Å². The number of hydrogen-bond acceptors (Lipinski definition) is 4. The molecule has 0 spiro atoms. The highest BCUT2D eigenvalue weighted by molar-refractivity contribution is 14.0. The molecule has 9 heteroatoms. The number of carbonyl (C=O) groups excluding carboxylic acids is 2. The number of piperidine rings is 1. The van der Waals surface area contributed by atoms with Gasteiger partial charge in [0.2, 0.25) is 5.91 Å². The summed E-state index contributed by atoms with van der Waals surface area (Å²) in [6, 6.07) is 7.59. The second kappa shape index (κ2) is 15.0. The molecule has 4 N–H and O–H groups in total. The maximum atomic E-state index is 12.0. The van der Waals surface area contributed by atoms with Gasteiger partial charge in [-0.2, -0.15) is 0 Å². The standard InChI is InChI=1S/C23H38N6O2.HI/c1-4-25-23(27-17-18-7-9-20(10-8-18)22(31)28(2)3)26-13-5-6-14-29-15-11-19(12-16-29)21(24)30;/h7-10,19H,4-6,11-17H2,1-3H3,(H2,24,30)(H2,25,26,27);1H. The van der Waals surface area contributed by atoms with Crippen LogP contribution in [-0.4, -0.2) is 74.4 Å². The van der Waals surface area contributed by atoms with Gasteiger partial charge in [-0.15, -0.1) is 24.0 Å². The van der Waals surface area contributed by atoms with E-state index < -0.39 is 0 Å². The lowest BCUT2D eigenvalue weighted by Crippen LogP contribution is -2.39. The zero-order chi connectivity index (χ0) is 22.6. The first kappa shape index (κ1) is 28.2. The maximum absolute atomic E-state index is 12.0. The fourth-order valence-corrected chi connectivity index (χ4v) is 3.63. The third-order valence-electron chi connectivity index (χ3n) is 5.55. The minimum absolute atomic E-state index is 0. The Morgan fingerprint density at radius 2 is 1.78 bits per heavy atom. The zero-order valence-corrected chi connectivity index (χ0v) is 21.9. The molecule has 8 nitrogen and oxygen atoms in total. The lowest BCUT2D eigenvalue weighted by Gasteiger charge is -2.30. The predicted octanol–water partition coefficient (Wildman–Crippen LogP) is 2.04. The average molecular weight is 559 g/mol. The van der Waals surface area contributed by atoms with E-state index >= 15 is 0 Å². The molecule has 2 rings (SSSR count). The Bertz CT molecular complexity index is 731. The highest BCUT2D eigenvalue weighted by Crippen LogP contribution is 2.16. The Morgan fingerprint density at radius 1 is 1.12 bits per heavy atom. The number of primary amides is 1. The van der Waals surface area contributed by atoms with Gasteiger partial charge in [0.1, 0.15) is 0 Å². The molecule has 1 aliphatic rings. The van der Waals surface area contributed by atoms with Crippen molar-refractivity contribution in [3.8, 4) is 0 Å². The van der Waals surface area contributed by atoms with Crippen molar-refractivity contribution in [2.75, 3.05) is 46.8 Å². The van der Waals surface area contributed by atoms with Gasteiger partial charge in [-0.1, -0.05) is 12.1 Å². The van der Waals surface area contributed by atoms with Crippen molar-refractivity contribution >= 4 is 41.8 Å². The number of hydrogen-bond donors (Lipinski definition) is 3. The van der Waals surface area contributed by atoms with Crippen LogP contribution in [0.2, 0.25) is 0 Å². The van der Waals surface area contributed by atoms with Gasteiger partial charge in [-0.3, -0.25) is 9.59 Å². The molecular weight excluding hydrogens is 519 g/mol. The normalized spacial score (nSPS) is 15.0. The minimum atomic E-state index is -0.155. The third kappa shape index (κ3) is 9.72. The number of likely N-dealkylation sites (tertiary alicyclic amines) is 1. The second-order valence-electron chi connectivity index (χ2n) is 8.24. The molecule has 0 aromatic heterocycles. The minimum Gasteiger partial charge on any atom is -0.369 e. The number of nitrogens with zero attached hydrogens (tertiary/aromatic N) is 3. The monoisotopic (exact) mass is 558 g/mol. The number of amides is 2. The van der Waals surface area contributed by atoms with Crippen LogP contribution >= 0.6 is 24.0 Å².